The molecule has 3 heterocycles. The number of imidazole rings is 1. The van der Waals surface area contributed by atoms with Crippen LogP contribution in [0.15, 0.2) is 34.9 Å². The van der Waals surface area contributed by atoms with Crippen molar-refractivity contribution in [2.24, 2.45) is 0 Å². The Balaban J connectivity index is 1.95. The first kappa shape index (κ1) is 13.7. The van der Waals surface area contributed by atoms with Gasteiger partial charge in [-0.15, -0.1) is 0 Å². The van der Waals surface area contributed by atoms with Gasteiger partial charge >= 0.3 is 5.97 Å². The molecule has 0 bridgehead atoms. The Morgan fingerprint density at radius 1 is 1.43 bits per heavy atom. The van der Waals surface area contributed by atoms with E-state index in [2.05, 4.69) is 15.0 Å². The fourth-order valence-corrected chi connectivity index (χ4v) is 2.75. The van der Waals surface area contributed by atoms with Gasteiger partial charge < -0.3 is 19.6 Å². The van der Waals surface area contributed by atoms with E-state index in [1.807, 2.05) is 0 Å². The molecule has 1 aliphatic heterocycles. The molecule has 4 rings (SSSR count). The summed E-state index contributed by atoms with van der Waals surface area (Å²) in [6.07, 6.45) is 3.32. The van der Waals surface area contributed by atoms with Crippen molar-refractivity contribution in [3.8, 4) is 0 Å². The van der Waals surface area contributed by atoms with Crippen molar-refractivity contribution < 1.29 is 19.4 Å². The van der Waals surface area contributed by atoms with Crippen LogP contribution in [0.1, 0.15) is 13.8 Å². The van der Waals surface area contributed by atoms with Gasteiger partial charge in [-0.25, -0.2) is 14.8 Å². The van der Waals surface area contributed by atoms with Gasteiger partial charge in [-0.1, -0.05) is 0 Å². The highest BCUT2D eigenvalue weighted by Gasteiger charge is 2.47. The first-order chi connectivity index (χ1) is 10.9. The van der Waals surface area contributed by atoms with Crippen LogP contribution in [-0.2, 0) is 14.3 Å². The molecule has 0 saturated carbocycles. The van der Waals surface area contributed by atoms with Gasteiger partial charge in [-0.2, -0.15) is 0 Å². The number of carbonyl (C=O) groups is 1. The first-order valence-corrected chi connectivity index (χ1v) is 6.84. The zero-order valence-corrected chi connectivity index (χ0v) is 12.2. The predicted molar refractivity (Wildman–Crippen MR) is 77.1 cm³/mol. The van der Waals surface area contributed by atoms with E-state index in [0.29, 0.717) is 17.1 Å². The number of allylic oxidation sites excluding steroid dienone is 2. The molecule has 1 atom stereocenters. The number of aromatic amines is 1. The lowest BCUT2D eigenvalue weighted by Crippen LogP contribution is -2.24. The van der Waals surface area contributed by atoms with Crippen LogP contribution in [0.4, 0.5) is 0 Å². The second kappa shape index (κ2) is 4.29. The molecule has 2 aromatic rings. The fraction of sp³-hybridized carbons (Fsp3) is 0.286. The maximum atomic E-state index is 11.8. The van der Waals surface area contributed by atoms with E-state index >= 15 is 0 Å². The fourth-order valence-electron chi connectivity index (χ4n) is 2.75. The molecule has 1 saturated heterocycles. The van der Waals surface area contributed by atoms with Crippen molar-refractivity contribution in [1.29, 1.82) is 0 Å². The molecular weight excluding hydrogens is 304 g/mol. The number of nitrogens with one attached hydrogen (secondary N) is 1. The van der Waals surface area contributed by atoms with Crippen LogP contribution in [-0.4, -0.2) is 42.5 Å². The molecular formula is C14H12N4O5. The lowest BCUT2D eigenvalue weighted by molar-refractivity contribution is -0.140. The molecule has 1 unspecified atom stereocenters. The molecule has 0 aromatic carbocycles. The van der Waals surface area contributed by atoms with Gasteiger partial charge in [0.1, 0.15) is 6.33 Å². The number of hydrogen-bond acceptors (Lipinski definition) is 6. The van der Waals surface area contributed by atoms with Crippen LogP contribution in [0.2, 0.25) is 0 Å². The van der Waals surface area contributed by atoms with Gasteiger partial charge in [0, 0.05) is 13.8 Å². The van der Waals surface area contributed by atoms with E-state index in [1.165, 1.54) is 23.3 Å². The molecule has 0 amide bonds. The molecule has 0 radical (unpaired) electrons. The summed E-state index contributed by atoms with van der Waals surface area (Å²) in [4.78, 5) is 33.8. The number of hydrogen-bond donors (Lipinski definition) is 2. The summed E-state index contributed by atoms with van der Waals surface area (Å²) >= 11 is 0. The Bertz CT molecular complexity index is 965. The molecule has 1 aliphatic carbocycles. The van der Waals surface area contributed by atoms with Gasteiger partial charge in [-0.3, -0.25) is 9.36 Å². The van der Waals surface area contributed by atoms with Gasteiger partial charge in [0.05, 0.1) is 17.6 Å². The van der Waals surface area contributed by atoms with Crippen LogP contribution >= 0.6 is 0 Å². The van der Waals surface area contributed by atoms with E-state index in [4.69, 9.17) is 9.47 Å². The van der Waals surface area contributed by atoms with E-state index in [9.17, 15) is 14.7 Å². The summed E-state index contributed by atoms with van der Waals surface area (Å²) in [5, 5.41) is 9.38. The molecule has 9 nitrogen and oxygen atoms in total. The zero-order valence-electron chi connectivity index (χ0n) is 12.2. The molecule has 0 spiro atoms. The lowest BCUT2D eigenvalue weighted by atomic mass is 10.2. The van der Waals surface area contributed by atoms with Crippen molar-refractivity contribution in [2.75, 3.05) is 0 Å². The summed E-state index contributed by atoms with van der Waals surface area (Å²) in [5.74, 6) is -1.67. The van der Waals surface area contributed by atoms with Gasteiger partial charge in [0.25, 0.3) is 5.56 Å². The van der Waals surface area contributed by atoms with E-state index < -0.39 is 17.9 Å². The summed E-state index contributed by atoms with van der Waals surface area (Å²) < 4.78 is 12.9. The number of aromatic nitrogens is 4. The molecule has 2 aliphatic rings. The summed E-state index contributed by atoms with van der Waals surface area (Å²) in [7, 11) is 0. The lowest BCUT2D eigenvalue weighted by Gasteiger charge is -2.17. The second-order valence-electron chi connectivity index (χ2n) is 5.67. The molecule has 1 fully saturated rings. The summed E-state index contributed by atoms with van der Waals surface area (Å²) in [6, 6.07) is 0. The van der Waals surface area contributed by atoms with Crippen molar-refractivity contribution in [3.05, 3.63) is 40.4 Å². The maximum absolute atomic E-state index is 11.8. The normalized spacial score (nSPS) is 22.2. The predicted octanol–water partition coefficient (Wildman–Crippen LogP) is 0.464. The number of ether oxygens (including phenoxy) is 2. The SMILES string of the molecule is CC1(C)OC2=C(n3cnc4c(=O)[nH]cnc43)C=C(C(=O)O)C2O1. The minimum atomic E-state index is -1.10. The molecule has 9 heteroatoms. The molecule has 2 N–H and O–H groups in total. The Hall–Kier alpha value is -2.94. The minimum absolute atomic E-state index is 0.0623. The molecule has 2 aromatic heterocycles. The third-order valence-corrected chi connectivity index (χ3v) is 3.67. The highest BCUT2D eigenvalue weighted by atomic mass is 16.7. The van der Waals surface area contributed by atoms with E-state index in [-0.39, 0.29) is 16.6 Å². The van der Waals surface area contributed by atoms with E-state index in [0.717, 1.165) is 0 Å². The number of carboxylic acids is 1. The van der Waals surface area contributed by atoms with Crippen LogP contribution in [0.25, 0.3) is 16.9 Å². The van der Waals surface area contributed by atoms with Crippen LogP contribution in [0.3, 0.4) is 0 Å². The Morgan fingerprint density at radius 3 is 2.96 bits per heavy atom. The van der Waals surface area contributed by atoms with Crippen molar-refractivity contribution in [2.45, 2.75) is 25.7 Å². The van der Waals surface area contributed by atoms with E-state index in [1.54, 1.807) is 13.8 Å². The first-order valence-electron chi connectivity index (χ1n) is 6.84. The van der Waals surface area contributed by atoms with Gasteiger partial charge in [0.2, 0.25) is 5.79 Å². The number of H-pyrrole nitrogens is 1. The Morgan fingerprint density at radius 2 is 2.22 bits per heavy atom. The Kier molecular flexibility index (Phi) is 2.56. The van der Waals surface area contributed by atoms with Crippen LogP contribution in [0, 0.1) is 0 Å². The third kappa shape index (κ3) is 1.90. The second-order valence-corrected chi connectivity index (χ2v) is 5.67. The van der Waals surface area contributed by atoms with Crippen molar-refractivity contribution >= 4 is 22.8 Å². The number of aliphatic carboxylic acids is 1. The third-order valence-electron chi connectivity index (χ3n) is 3.67. The zero-order chi connectivity index (χ0) is 16.4. The summed E-state index contributed by atoms with van der Waals surface area (Å²) in [5.41, 5.74) is 0.602. The van der Waals surface area contributed by atoms with Crippen LogP contribution in [0.5, 0.6) is 0 Å². The molecule has 23 heavy (non-hydrogen) atoms. The highest BCUT2D eigenvalue weighted by Crippen LogP contribution is 2.43. The summed E-state index contributed by atoms with van der Waals surface area (Å²) in [6.45, 7) is 3.40. The smallest absolute Gasteiger partial charge is 0.334 e. The maximum Gasteiger partial charge on any atom is 0.334 e. The topological polar surface area (TPSA) is 119 Å². The largest absolute Gasteiger partial charge is 0.478 e. The quantitative estimate of drug-likeness (QED) is 0.826. The van der Waals surface area contributed by atoms with Crippen LogP contribution < -0.4 is 5.56 Å². The highest BCUT2D eigenvalue weighted by molar-refractivity contribution is 5.95. The van der Waals surface area contributed by atoms with Crippen molar-refractivity contribution in [1.82, 2.24) is 19.5 Å². The average molecular weight is 316 g/mol. The number of nitrogens with zero attached hydrogens (tertiary/aromatic N) is 3. The Labute approximate surface area is 128 Å². The minimum Gasteiger partial charge on any atom is -0.478 e. The average Bonchev–Trinajstić information content (AvgIpc) is 3.09. The van der Waals surface area contributed by atoms with Gasteiger partial charge in [-0.05, 0) is 6.08 Å². The molecule has 118 valence electrons. The van der Waals surface area contributed by atoms with Crippen molar-refractivity contribution in [3.63, 3.8) is 0 Å². The number of carboxylic acid groups (broad SMARTS) is 1. The standard InChI is InChI=1S/C14H12N4O5/c1-14(2)22-9-6(13(20)21)3-7(10(9)23-14)18-5-17-8-11(18)15-4-16-12(8)19/h3-5,9H,1-2H3,(H,20,21)(H,15,16,19). The number of rotatable bonds is 2. The van der Waals surface area contributed by atoms with Gasteiger partial charge in [0.15, 0.2) is 23.0 Å². The number of fused-ring (bicyclic) bond motifs is 2. The monoisotopic (exact) mass is 316 g/mol.